The van der Waals surface area contributed by atoms with Crippen LogP contribution in [0.3, 0.4) is 0 Å². The molecule has 6 heteroatoms. The van der Waals surface area contributed by atoms with E-state index in [1.807, 2.05) is 18.2 Å². The molecule has 0 saturated carbocycles. The van der Waals surface area contributed by atoms with Crippen LogP contribution in [-0.2, 0) is 6.42 Å². The van der Waals surface area contributed by atoms with E-state index in [1.165, 1.54) is 0 Å². The monoisotopic (exact) mass is 254 g/mol. The van der Waals surface area contributed by atoms with Crippen LogP contribution in [0.15, 0.2) is 41.3 Å². The SMILES string of the molecule is NC1=NC(N)(Cc2ccccc2Cl)NC=C1F. The zero-order valence-electron chi connectivity index (χ0n) is 8.95. The van der Waals surface area contributed by atoms with E-state index in [2.05, 4.69) is 10.3 Å². The van der Waals surface area contributed by atoms with E-state index in [1.54, 1.807) is 6.07 Å². The Morgan fingerprint density at radius 2 is 2.12 bits per heavy atom. The third-order valence-electron chi connectivity index (χ3n) is 2.43. The second kappa shape index (κ2) is 4.35. The lowest BCUT2D eigenvalue weighted by molar-refractivity contribution is 0.381. The van der Waals surface area contributed by atoms with Gasteiger partial charge in [-0.3, -0.25) is 5.73 Å². The molecule has 2 rings (SSSR count). The molecule has 1 heterocycles. The van der Waals surface area contributed by atoms with Crippen molar-refractivity contribution in [3.05, 3.63) is 46.9 Å². The number of aliphatic imine (C=N–C) groups is 1. The Kier molecular flexibility index (Phi) is 3.04. The van der Waals surface area contributed by atoms with Crippen molar-refractivity contribution in [3.8, 4) is 0 Å². The molecule has 1 aromatic carbocycles. The molecule has 1 atom stereocenters. The van der Waals surface area contributed by atoms with E-state index in [0.29, 0.717) is 11.4 Å². The molecule has 4 nitrogen and oxygen atoms in total. The molecule has 0 aromatic heterocycles. The van der Waals surface area contributed by atoms with E-state index in [4.69, 9.17) is 23.1 Å². The highest BCUT2D eigenvalue weighted by Crippen LogP contribution is 2.21. The zero-order valence-corrected chi connectivity index (χ0v) is 9.71. The first-order valence-corrected chi connectivity index (χ1v) is 5.39. The molecule has 90 valence electrons. The van der Waals surface area contributed by atoms with Crippen LogP contribution in [0.5, 0.6) is 0 Å². The summed E-state index contributed by atoms with van der Waals surface area (Å²) in [7, 11) is 0. The highest BCUT2D eigenvalue weighted by atomic mass is 35.5. The van der Waals surface area contributed by atoms with Crippen LogP contribution in [0.25, 0.3) is 0 Å². The van der Waals surface area contributed by atoms with Crippen molar-refractivity contribution >= 4 is 17.4 Å². The summed E-state index contributed by atoms with van der Waals surface area (Å²) in [6.45, 7) is 0. The molecule has 0 amide bonds. The molecule has 17 heavy (non-hydrogen) atoms. The van der Waals surface area contributed by atoms with Crippen molar-refractivity contribution in [2.45, 2.75) is 12.2 Å². The Bertz CT molecular complexity index is 500. The second-order valence-corrected chi connectivity index (χ2v) is 4.23. The molecule has 1 aliphatic heterocycles. The maximum Gasteiger partial charge on any atom is 0.188 e. The molecule has 1 aromatic rings. The summed E-state index contributed by atoms with van der Waals surface area (Å²) in [6, 6.07) is 7.25. The standard InChI is InChI=1S/C11H12ClFN4/c12-8-4-2-1-3-7(8)5-11(15)16-6-9(13)10(14)17-11/h1-4,6,16H,5,15H2,(H2,14,17). The number of benzene rings is 1. The number of halogens is 2. The Balaban J connectivity index is 2.23. The van der Waals surface area contributed by atoms with E-state index < -0.39 is 11.6 Å². The predicted molar refractivity (Wildman–Crippen MR) is 66.0 cm³/mol. The maximum absolute atomic E-state index is 13.0. The van der Waals surface area contributed by atoms with Gasteiger partial charge in [0.1, 0.15) is 0 Å². The van der Waals surface area contributed by atoms with Crippen LogP contribution in [0, 0.1) is 0 Å². The molecular formula is C11H12ClFN4. The first kappa shape index (κ1) is 11.9. The van der Waals surface area contributed by atoms with E-state index in [9.17, 15) is 4.39 Å². The average Bonchev–Trinajstić information content (AvgIpc) is 2.28. The number of hydrogen-bond acceptors (Lipinski definition) is 4. The Hall–Kier alpha value is -1.59. The van der Waals surface area contributed by atoms with Gasteiger partial charge in [-0.05, 0) is 11.6 Å². The van der Waals surface area contributed by atoms with Crippen LogP contribution in [-0.4, -0.2) is 11.6 Å². The molecule has 0 saturated heterocycles. The number of hydrogen-bond donors (Lipinski definition) is 3. The minimum Gasteiger partial charge on any atom is -0.381 e. The van der Waals surface area contributed by atoms with Gasteiger partial charge in [0.05, 0.1) is 0 Å². The van der Waals surface area contributed by atoms with Crippen molar-refractivity contribution in [2.24, 2.45) is 16.5 Å². The van der Waals surface area contributed by atoms with Crippen LogP contribution in [0.1, 0.15) is 5.56 Å². The molecule has 0 bridgehead atoms. The fourth-order valence-electron chi connectivity index (χ4n) is 1.59. The third kappa shape index (κ3) is 2.57. The number of nitrogens with one attached hydrogen (secondary N) is 1. The van der Waals surface area contributed by atoms with Crippen LogP contribution >= 0.6 is 11.6 Å². The minimum absolute atomic E-state index is 0.210. The summed E-state index contributed by atoms with van der Waals surface area (Å²) < 4.78 is 13.0. The molecule has 0 radical (unpaired) electrons. The van der Waals surface area contributed by atoms with Gasteiger partial charge in [-0.15, -0.1) is 0 Å². The van der Waals surface area contributed by atoms with E-state index in [-0.39, 0.29) is 5.84 Å². The molecule has 0 fully saturated rings. The quantitative estimate of drug-likeness (QED) is 0.744. The van der Waals surface area contributed by atoms with Gasteiger partial charge in [0, 0.05) is 17.6 Å². The van der Waals surface area contributed by atoms with Crippen LogP contribution in [0.4, 0.5) is 4.39 Å². The number of rotatable bonds is 2. The van der Waals surface area contributed by atoms with Crippen LogP contribution in [0.2, 0.25) is 5.02 Å². The lowest BCUT2D eigenvalue weighted by Gasteiger charge is -2.29. The van der Waals surface area contributed by atoms with Crippen molar-refractivity contribution in [3.63, 3.8) is 0 Å². The van der Waals surface area contributed by atoms with Gasteiger partial charge in [0.25, 0.3) is 0 Å². The predicted octanol–water partition coefficient (Wildman–Crippen LogP) is 1.27. The fraction of sp³-hybridized carbons (Fsp3) is 0.182. The first-order chi connectivity index (χ1) is 8.00. The van der Waals surface area contributed by atoms with Crippen molar-refractivity contribution in [2.75, 3.05) is 0 Å². The molecule has 0 aliphatic carbocycles. The molecule has 0 spiro atoms. The molecular weight excluding hydrogens is 243 g/mol. The summed E-state index contributed by atoms with van der Waals surface area (Å²) in [5.41, 5.74) is 12.2. The lowest BCUT2D eigenvalue weighted by atomic mass is 10.1. The van der Waals surface area contributed by atoms with Gasteiger partial charge in [-0.2, -0.15) is 0 Å². The zero-order chi connectivity index (χ0) is 12.5. The molecule has 1 unspecified atom stereocenters. The van der Waals surface area contributed by atoms with Gasteiger partial charge in [0.2, 0.25) is 0 Å². The van der Waals surface area contributed by atoms with Gasteiger partial charge in [0.15, 0.2) is 17.4 Å². The smallest absolute Gasteiger partial charge is 0.188 e. The summed E-state index contributed by atoms with van der Waals surface area (Å²) in [5, 5.41) is 3.25. The first-order valence-electron chi connectivity index (χ1n) is 5.01. The third-order valence-corrected chi connectivity index (χ3v) is 2.80. The molecule has 5 N–H and O–H groups in total. The van der Waals surface area contributed by atoms with Gasteiger partial charge in [-0.1, -0.05) is 29.8 Å². The van der Waals surface area contributed by atoms with Crippen molar-refractivity contribution < 1.29 is 4.39 Å². The number of nitrogens with zero attached hydrogens (tertiary/aromatic N) is 1. The van der Waals surface area contributed by atoms with Gasteiger partial charge >= 0.3 is 0 Å². The largest absolute Gasteiger partial charge is 0.381 e. The lowest BCUT2D eigenvalue weighted by Crippen LogP contribution is -2.54. The highest BCUT2D eigenvalue weighted by molar-refractivity contribution is 6.31. The molecule has 1 aliphatic rings. The van der Waals surface area contributed by atoms with E-state index in [0.717, 1.165) is 11.8 Å². The van der Waals surface area contributed by atoms with Crippen molar-refractivity contribution in [1.29, 1.82) is 0 Å². The average molecular weight is 255 g/mol. The summed E-state index contributed by atoms with van der Waals surface area (Å²) in [4.78, 5) is 3.89. The Morgan fingerprint density at radius 1 is 1.41 bits per heavy atom. The summed E-state index contributed by atoms with van der Waals surface area (Å²) in [5.74, 6) is -1.99. The van der Waals surface area contributed by atoms with E-state index >= 15 is 0 Å². The maximum atomic E-state index is 13.0. The number of nitrogens with two attached hydrogens (primary N) is 2. The fourth-order valence-corrected chi connectivity index (χ4v) is 1.79. The highest BCUT2D eigenvalue weighted by Gasteiger charge is 2.28. The normalized spacial score (nSPS) is 23.7. The van der Waals surface area contributed by atoms with Crippen molar-refractivity contribution in [1.82, 2.24) is 5.32 Å². The second-order valence-electron chi connectivity index (χ2n) is 3.83. The van der Waals surface area contributed by atoms with Gasteiger partial charge in [-0.25, -0.2) is 9.38 Å². The Labute approximate surface area is 103 Å². The Morgan fingerprint density at radius 3 is 2.76 bits per heavy atom. The summed E-state index contributed by atoms with van der Waals surface area (Å²) >= 11 is 6.02. The number of amidine groups is 1. The minimum atomic E-state index is -1.16. The topological polar surface area (TPSA) is 76.4 Å². The summed E-state index contributed by atoms with van der Waals surface area (Å²) in [6.07, 6.45) is 1.43. The van der Waals surface area contributed by atoms with Crippen LogP contribution < -0.4 is 16.8 Å². The van der Waals surface area contributed by atoms with Gasteiger partial charge < -0.3 is 11.1 Å².